The van der Waals surface area contributed by atoms with E-state index >= 15 is 0 Å². The van der Waals surface area contributed by atoms with Gasteiger partial charge >= 0.3 is 0 Å². The Bertz CT molecular complexity index is 861. The number of rotatable bonds is 5. The molecule has 1 saturated carbocycles. The Kier molecular flexibility index (Phi) is 5.16. The summed E-state index contributed by atoms with van der Waals surface area (Å²) < 4.78 is 13.6. The molecule has 1 amide bonds. The highest BCUT2D eigenvalue weighted by atomic mass is 19.1. The molecule has 0 aliphatic heterocycles. The number of aliphatic imine (C=N–C) groups is 1. The molecule has 0 saturated heterocycles. The van der Waals surface area contributed by atoms with Gasteiger partial charge in [0.15, 0.2) is 0 Å². The van der Waals surface area contributed by atoms with Crippen LogP contribution in [0.5, 0.6) is 0 Å². The predicted molar refractivity (Wildman–Crippen MR) is 104 cm³/mol. The number of benzene rings is 2. The minimum absolute atomic E-state index is 0. The van der Waals surface area contributed by atoms with Crippen molar-refractivity contribution in [2.45, 2.75) is 31.6 Å². The summed E-state index contributed by atoms with van der Waals surface area (Å²) in [5, 5.41) is 3.12. The number of nitrogens with two attached hydrogens (primary N) is 1. The second kappa shape index (κ2) is 7.52. The average Bonchev–Trinajstić information content (AvgIpc) is 2.59. The van der Waals surface area contributed by atoms with Gasteiger partial charge < -0.3 is 11.1 Å². The molecule has 0 aromatic heterocycles. The van der Waals surface area contributed by atoms with Gasteiger partial charge in [-0.2, -0.15) is 4.99 Å². The number of hydrogen-bond acceptors (Lipinski definition) is 2. The van der Waals surface area contributed by atoms with Crippen molar-refractivity contribution in [3.8, 4) is 0 Å². The van der Waals surface area contributed by atoms with Gasteiger partial charge in [0.25, 0.3) is 5.91 Å². The van der Waals surface area contributed by atoms with Crippen LogP contribution in [0.2, 0.25) is 0 Å². The third-order valence-electron chi connectivity index (χ3n) is 4.85. The van der Waals surface area contributed by atoms with Crippen LogP contribution in [0.15, 0.2) is 71.4 Å². The van der Waals surface area contributed by atoms with Crippen molar-refractivity contribution in [2.24, 2.45) is 10.7 Å². The number of para-hydroxylation sites is 1. The molecule has 26 heavy (non-hydrogen) atoms. The second-order valence-corrected chi connectivity index (χ2v) is 6.59. The fourth-order valence-electron chi connectivity index (χ4n) is 3.05. The maximum absolute atomic E-state index is 13.6. The molecule has 0 unspecified atom stereocenters. The number of amides is 1. The van der Waals surface area contributed by atoms with Gasteiger partial charge in [0.05, 0.1) is 5.41 Å². The molecule has 2 aromatic rings. The van der Waals surface area contributed by atoms with Gasteiger partial charge in [-0.15, -0.1) is 0 Å². The number of halogens is 1. The lowest BCUT2D eigenvalue weighted by atomic mass is 9.64. The molecule has 0 spiro atoms. The van der Waals surface area contributed by atoms with Gasteiger partial charge in [-0.05, 0) is 49.6 Å². The molecule has 1 fully saturated rings. The van der Waals surface area contributed by atoms with Crippen molar-refractivity contribution >= 4 is 17.4 Å². The van der Waals surface area contributed by atoms with E-state index in [1.165, 1.54) is 12.1 Å². The summed E-state index contributed by atoms with van der Waals surface area (Å²) in [6.45, 7) is 1.79. The van der Waals surface area contributed by atoms with Gasteiger partial charge in [0.2, 0.25) is 0 Å². The number of carbonyl (C=O) groups is 1. The van der Waals surface area contributed by atoms with Crippen LogP contribution in [0.1, 0.15) is 33.2 Å². The molecule has 0 atom stereocenters. The second-order valence-electron chi connectivity index (χ2n) is 6.59. The maximum Gasteiger partial charge on any atom is 0.258 e. The molecule has 1 aliphatic rings. The Morgan fingerprint density at radius 1 is 1.23 bits per heavy atom. The first-order valence-corrected chi connectivity index (χ1v) is 8.65. The quantitative estimate of drug-likeness (QED) is 0.619. The van der Waals surface area contributed by atoms with Crippen molar-refractivity contribution in [1.82, 2.24) is 0 Å². The predicted octanol–water partition coefficient (Wildman–Crippen LogP) is 4.39. The molecule has 4 nitrogen and oxygen atoms in total. The zero-order valence-corrected chi connectivity index (χ0v) is 14.7. The lowest BCUT2D eigenvalue weighted by Crippen LogP contribution is -2.42. The molecule has 5 heteroatoms. The van der Waals surface area contributed by atoms with Crippen LogP contribution in [-0.2, 0) is 10.2 Å². The Morgan fingerprint density at radius 2 is 1.96 bits per heavy atom. The van der Waals surface area contributed by atoms with Gasteiger partial charge in [-0.1, -0.05) is 36.8 Å². The van der Waals surface area contributed by atoms with E-state index in [1.54, 1.807) is 25.3 Å². The molecule has 2 aromatic carbocycles. The lowest BCUT2D eigenvalue weighted by molar-refractivity contribution is -0.126. The van der Waals surface area contributed by atoms with Crippen LogP contribution < -0.4 is 11.1 Å². The molecule has 0 bridgehead atoms. The van der Waals surface area contributed by atoms with E-state index in [9.17, 15) is 9.18 Å². The molecule has 0 radical (unpaired) electrons. The van der Waals surface area contributed by atoms with Crippen LogP contribution in [0.4, 0.5) is 10.1 Å². The Morgan fingerprint density at radius 3 is 2.58 bits per heavy atom. The number of anilines is 1. The summed E-state index contributed by atoms with van der Waals surface area (Å²) in [5.41, 5.74) is 7.52. The molecule has 3 rings (SSSR count). The van der Waals surface area contributed by atoms with Gasteiger partial charge in [-0.3, -0.25) is 4.79 Å². The molecule has 3 N–H and O–H groups in total. The Hall–Kier alpha value is -2.95. The van der Waals surface area contributed by atoms with Crippen molar-refractivity contribution < 1.29 is 10.6 Å². The van der Waals surface area contributed by atoms with Crippen LogP contribution >= 0.6 is 0 Å². The van der Waals surface area contributed by atoms with E-state index < -0.39 is 5.41 Å². The van der Waals surface area contributed by atoms with Gasteiger partial charge in [0, 0.05) is 18.9 Å². The van der Waals surface area contributed by atoms with Crippen molar-refractivity contribution in [3.63, 3.8) is 0 Å². The van der Waals surface area contributed by atoms with Crippen LogP contribution in [0.25, 0.3) is 0 Å². The van der Waals surface area contributed by atoms with E-state index in [0.29, 0.717) is 24.0 Å². The molecule has 1 aliphatic carbocycles. The van der Waals surface area contributed by atoms with E-state index in [1.807, 2.05) is 30.3 Å². The summed E-state index contributed by atoms with van der Waals surface area (Å²) in [6, 6.07) is 15.8. The van der Waals surface area contributed by atoms with Gasteiger partial charge in [-0.25, -0.2) is 4.39 Å². The SMILES string of the molecule is C/C(=C/Nc1ccccc1)C(N)=NC(=O)C1(c2cccc(F)c2)CCC1.[HH]. The summed E-state index contributed by atoms with van der Waals surface area (Å²) in [5.74, 6) is -0.484. The first-order chi connectivity index (χ1) is 12.5. The van der Waals surface area contributed by atoms with Crippen molar-refractivity contribution in [3.05, 3.63) is 77.8 Å². The van der Waals surface area contributed by atoms with Crippen molar-refractivity contribution in [1.29, 1.82) is 0 Å². The van der Waals surface area contributed by atoms with E-state index in [2.05, 4.69) is 10.3 Å². The highest BCUT2D eigenvalue weighted by Crippen LogP contribution is 2.45. The first kappa shape index (κ1) is 17.9. The normalized spacial score (nSPS) is 16.7. The standard InChI is InChI=1S/C21H22FN3O.H2/c1-15(14-24-18-9-3-2-4-10-18)19(23)25-20(26)21(11-6-12-21)16-7-5-8-17(22)13-16;/h2-5,7-10,13-14,24H,6,11-12H2,1H3,(H2,23,25,26);1H/b15-14-;. The Labute approximate surface area is 154 Å². The summed E-state index contributed by atoms with van der Waals surface area (Å²) in [6.07, 6.45) is 3.97. The topological polar surface area (TPSA) is 67.5 Å². The largest absolute Gasteiger partial charge is 0.383 e. The third-order valence-corrected chi connectivity index (χ3v) is 4.85. The van der Waals surface area contributed by atoms with Gasteiger partial charge in [0.1, 0.15) is 11.7 Å². The summed E-state index contributed by atoms with van der Waals surface area (Å²) in [4.78, 5) is 16.9. The number of nitrogens with zero attached hydrogens (tertiary/aromatic N) is 1. The van der Waals surface area contributed by atoms with Crippen molar-refractivity contribution in [2.75, 3.05) is 5.32 Å². The lowest BCUT2D eigenvalue weighted by Gasteiger charge is -2.39. The minimum Gasteiger partial charge on any atom is -0.383 e. The third kappa shape index (κ3) is 3.67. The van der Waals surface area contributed by atoms with E-state index in [0.717, 1.165) is 12.1 Å². The monoisotopic (exact) mass is 353 g/mol. The van der Waals surface area contributed by atoms with Crippen LogP contribution in [0, 0.1) is 5.82 Å². The first-order valence-electron chi connectivity index (χ1n) is 8.65. The average molecular weight is 353 g/mol. The summed E-state index contributed by atoms with van der Waals surface area (Å²) in [7, 11) is 0. The number of hydrogen-bond donors (Lipinski definition) is 2. The zero-order chi connectivity index (χ0) is 18.6. The number of amidine groups is 1. The fraction of sp³-hybridized carbons (Fsp3) is 0.238. The smallest absolute Gasteiger partial charge is 0.258 e. The molecular weight excluding hydrogens is 329 g/mol. The minimum atomic E-state index is -0.750. The van der Waals surface area contributed by atoms with E-state index in [-0.39, 0.29) is 19.0 Å². The fourth-order valence-corrected chi connectivity index (χ4v) is 3.05. The maximum atomic E-state index is 13.6. The molecular formula is C21H24FN3O. The molecule has 0 heterocycles. The summed E-state index contributed by atoms with van der Waals surface area (Å²) >= 11 is 0. The van der Waals surface area contributed by atoms with E-state index in [4.69, 9.17) is 5.73 Å². The van der Waals surface area contributed by atoms with Crippen LogP contribution in [0.3, 0.4) is 0 Å². The number of nitrogens with one attached hydrogen (secondary N) is 1. The zero-order valence-electron chi connectivity index (χ0n) is 14.7. The Balaban J connectivity index is 0.00000261. The number of carbonyl (C=O) groups excluding carboxylic acids is 1. The molecule has 136 valence electrons. The van der Waals surface area contributed by atoms with Crippen LogP contribution in [-0.4, -0.2) is 11.7 Å². The highest BCUT2D eigenvalue weighted by Gasteiger charge is 2.45. The highest BCUT2D eigenvalue weighted by molar-refractivity contribution is 6.06.